The van der Waals surface area contributed by atoms with Crippen molar-refractivity contribution >= 4 is 19.7 Å². The molecule has 0 aliphatic heterocycles. The van der Waals surface area contributed by atoms with E-state index in [0.717, 1.165) is 6.42 Å². The highest BCUT2D eigenvalue weighted by atomic mass is 32.1. The predicted molar refractivity (Wildman–Crippen MR) is 82.5 cm³/mol. The summed E-state index contributed by atoms with van der Waals surface area (Å²) >= 11 is 1.87. The van der Waals surface area contributed by atoms with Gasteiger partial charge in [0.05, 0.1) is 5.76 Å². The van der Waals surface area contributed by atoms with E-state index in [1.165, 1.54) is 29.9 Å². The molecule has 0 aromatic carbocycles. The van der Waals surface area contributed by atoms with Gasteiger partial charge in [0.2, 0.25) is 8.32 Å². The number of hydrogen-bond donors (Lipinski definition) is 0. The molecular formula is C15H24OSSi. The maximum absolute atomic E-state index is 6.13. The summed E-state index contributed by atoms with van der Waals surface area (Å²) in [6, 6.07) is 4.39. The zero-order chi connectivity index (χ0) is 13.2. The summed E-state index contributed by atoms with van der Waals surface area (Å²) in [6.45, 7) is 9.15. The Hall–Kier alpha value is -0.543. The molecule has 1 aromatic rings. The van der Waals surface area contributed by atoms with Gasteiger partial charge in [-0.15, -0.1) is 11.3 Å². The second kappa shape index (κ2) is 5.22. The highest BCUT2D eigenvalue weighted by molar-refractivity contribution is 7.09. The van der Waals surface area contributed by atoms with Gasteiger partial charge in [-0.1, -0.05) is 13.0 Å². The molecule has 0 fully saturated rings. The number of aryl methyl sites for hydroxylation is 1. The lowest BCUT2D eigenvalue weighted by molar-refractivity contribution is 0.379. The van der Waals surface area contributed by atoms with Crippen LogP contribution < -0.4 is 0 Å². The number of rotatable bonds is 5. The van der Waals surface area contributed by atoms with Crippen molar-refractivity contribution in [3.05, 3.63) is 34.2 Å². The van der Waals surface area contributed by atoms with Gasteiger partial charge in [-0.25, -0.2) is 0 Å². The van der Waals surface area contributed by atoms with Gasteiger partial charge in [-0.3, -0.25) is 0 Å². The standard InChI is InChI=1S/C15H24OSSi/c1-15(10-8-14-6-5-11-17-14)9-7-13(12-15)16-18(2,3)4/h5-6,11-12H,7-10H2,1-4H3/t15-/m1/s1. The summed E-state index contributed by atoms with van der Waals surface area (Å²) in [5.74, 6) is 1.25. The third-order valence-electron chi connectivity index (χ3n) is 3.41. The van der Waals surface area contributed by atoms with Gasteiger partial charge >= 0.3 is 0 Å². The summed E-state index contributed by atoms with van der Waals surface area (Å²) in [4.78, 5) is 1.50. The van der Waals surface area contributed by atoms with E-state index in [1.54, 1.807) is 0 Å². The van der Waals surface area contributed by atoms with Crippen LogP contribution in [-0.2, 0) is 10.8 Å². The van der Waals surface area contributed by atoms with Crippen molar-refractivity contribution in [3.63, 3.8) is 0 Å². The number of allylic oxidation sites excluding steroid dienone is 2. The van der Waals surface area contributed by atoms with E-state index in [4.69, 9.17) is 4.43 Å². The van der Waals surface area contributed by atoms with Crippen LogP contribution in [0.2, 0.25) is 19.6 Å². The Bertz CT molecular complexity index is 416. The first-order chi connectivity index (χ1) is 8.36. The molecule has 0 bridgehead atoms. The maximum atomic E-state index is 6.13. The minimum atomic E-state index is -1.43. The summed E-state index contributed by atoms with van der Waals surface area (Å²) in [5, 5.41) is 2.17. The smallest absolute Gasteiger partial charge is 0.241 e. The fraction of sp³-hybridized carbons (Fsp3) is 0.600. The van der Waals surface area contributed by atoms with Gasteiger partial charge in [0.1, 0.15) is 0 Å². The van der Waals surface area contributed by atoms with E-state index in [0.29, 0.717) is 5.41 Å². The first-order valence-corrected chi connectivity index (χ1v) is 11.1. The zero-order valence-electron chi connectivity index (χ0n) is 12.0. The SMILES string of the molecule is C[C@@]1(CCc2cccs2)C=C(O[Si](C)(C)C)CC1. The second-order valence-corrected chi connectivity index (χ2v) is 12.0. The molecule has 0 N–H and O–H groups in total. The minimum absolute atomic E-state index is 0.346. The molecule has 1 aromatic heterocycles. The van der Waals surface area contributed by atoms with E-state index in [9.17, 15) is 0 Å². The maximum Gasteiger partial charge on any atom is 0.241 e. The zero-order valence-corrected chi connectivity index (χ0v) is 13.8. The van der Waals surface area contributed by atoms with Crippen LogP contribution in [-0.4, -0.2) is 8.32 Å². The molecule has 1 heterocycles. The molecule has 0 spiro atoms. The summed E-state index contributed by atoms with van der Waals surface area (Å²) in [6.07, 6.45) is 7.22. The Labute approximate surface area is 116 Å². The Kier molecular flexibility index (Phi) is 4.02. The van der Waals surface area contributed by atoms with Crippen molar-refractivity contribution in [2.45, 2.75) is 52.2 Å². The predicted octanol–water partition coefficient (Wildman–Crippen LogP) is 5.22. The Morgan fingerprint density at radius 1 is 1.39 bits per heavy atom. The molecule has 3 heteroatoms. The van der Waals surface area contributed by atoms with Crippen LogP contribution in [0, 0.1) is 5.41 Å². The van der Waals surface area contributed by atoms with Gasteiger partial charge in [-0.2, -0.15) is 0 Å². The Morgan fingerprint density at radius 2 is 2.17 bits per heavy atom. The van der Waals surface area contributed by atoms with E-state index < -0.39 is 8.32 Å². The van der Waals surface area contributed by atoms with E-state index in [1.807, 2.05) is 11.3 Å². The average Bonchev–Trinajstić information content (AvgIpc) is 2.84. The van der Waals surface area contributed by atoms with Gasteiger partial charge < -0.3 is 4.43 Å². The van der Waals surface area contributed by atoms with Crippen LogP contribution in [0.5, 0.6) is 0 Å². The quantitative estimate of drug-likeness (QED) is 0.672. The first-order valence-electron chi connectivity index (χ1n) is 6.79. The molecule has 1 aliphatic carbocycles. The number of thiophene rings is 1. The van der Waals surface area contributed by atoms with Crippen LogP contribution in [0.4, 0.5) is 0 Å². The van der Waals surface area contributed by atoms with Gasteiger partial charge in [-0.05, 0) is 61.8 Å². The van der Waals surface area contributed by atoms with E-state index in [-0.39, 0.29) is 0 Å². The van der Waals surface area contributed by atoms with Crippen molar-refractivity contribution in [1.29, 1.82) is 0 Å². The molecule has 1 nitrogen and oxygen atoms in total. The van der Waals surface area contributed by atoms with Crippen LogP contribution in [0.1, 0.15) is 31.1 Å². The molecule has 1 aliphatic rings. The first kappa shape index (κ1) is 13.9. The summed E-state index contributed by atoms with van der Waals surface area (Å²) < 4.78 is 6.13. The lowest BCUT2D eigenvalue weighted by Gasteiger charge is -2.21. The molecular weight excluding hydrogens is 256 g/mol. The lowest BCUT2D eigenvalue weighted by Crippen LogP contribution is -2.24. The van der Waals surface area contributed by atoms with Crippen LogP contribution in [0.3, 0.4) is 0 Å². The van der Waals surface area contributed by atoms with Gasteiger partial charge in [0.15, 0.2) is 0 Å². The Morgan fingerprint density at radius 3 is 2.78 bits per heavy atom. The fourth-order valence-electron chi connectivity index (χ4n) is 2.48. The molecule has 100 valence electrons. The average molecular weight is 281 g/mol. The van der Waals surface area contributed by atoms with Crippen molar-refractivity contribution in [2.24, 2.45) is 5.41 Å². The minimum Gasteiger partial charge on any atom is -0.548 e. The van der Waals surface area contributed by atoms with Crippen molar-refractivity contribution in [2.75, 3.05) is 0 Å². The highest BCUT2D eigenvalue weighted by Gasteiger charge is 2.30. The summed E-state index contributed by atoms with van der Waals surface area (Å²) in [7, 11) is -1.43. The molecule has 18 heavy (non-hydrogen) atoms. The van der Waals surface area contributed by atoms with Gasteiger partial charge in [0.25, 0.3) is 0 Å². The van der Waals surface area contributed by atoms with Crippen molar-refractivity contribution in [3.8, 4) is 0 Å². The van der Waals surface area contributed by atoms with Crippen LogP contribution in [0.15, 0.2) is 29.3 Å². The highest BCUT2D eigenvalue weighted by Crippen LogP contribution is 2.40. The summed E-state index contributed by atoms with van der Waals surface area (Å²) in [5.41, 5.74) is 0.346. The van der Waals surface area contributed by atoms with Crippen molar-refractivity contribution in [1.82, 2.24) is 0 Å². The van der Waals surface area contributed by atoms with Crippen LogP contribution in [0.25, 0.3) is 0 Å². The molecule has 0 saturated heterocycles. The molecule has 1 atom stereocenters. The lowest BCUT2D eigenvalue weighted by atomic mass is 9.85. The Balaban J connectivity index is 1.92. The van der Waals surface area contributed by atoms with E-state index in [2.05, 4.69) is 50.2 Å². The molecule has 2 rings (SSSR count). The van der Waals surface area contributed by atoms with E-state index >= 15 is 0 Å². The van der Waals surface area contributed by atoms with Crippen LogP contribution >= 0.6 is 11.3 Å². The molecule has 0 radical (unpaired) electrons. The normalized spacial score (nSPS) is 24.1. The molecule has 0 saturated carbocycles. The monoisotopic (exact) mass is 280 g/mol. The topological polar surface area (TPSA) is 9.23 Å². The number of hydrogen-bond acceptors (Lipinski definition) is 2. The van der Waals surface area contributed by atoms with Crippen molar-refractivity contribution < 1.29 is 4.43 Å². The van der Waals surface area contributed by atoms with Gasteiger partial charge in [0, 0.05) is 11.3 Å². The second-order valence-electron chi connectivity index (χ2n) is 6.56. The molecule has 0 amide bonds. The largest absolute Gasteiger partial charge is 0.548 e. The third-order valence-corrected chi connectivity index (χ3v) is 5.22. The molecule has 0 unspecified atom stereocenters. The third kappa shape index (κ3) is 3.99. The fourth-order valence-corrected chi connectivity index (χ4v) is 4.13.